The first-order valence-corrected chi connectivity index (χ1v) is 5.66. The molecule has 5 nitrogen and oxygen atoms in total. The van der Waals surface area contributed by atoms with Gasteiger partial charge in [0.25, 0.3) is 0 Å². The lowest BCUT2D eigenvalue weighted by atomic mass is 10.2. The second kappa shape index (κ2) is 4.27. The standard InChI is InChI=1S/C12H9ClN4O/c1-18-12-5-2-8(6-15-12)9-7-14-11-4-3-10(13)16-17(9)11/h2-7H,1H3. The lowest BCUT2D eigenvalue weighted by Crippen LogP contribution is -1.95. The molecule has 0 radical (unpaired) electrons. The Morgan fingerprint density at radius 2 is 2.00 bits per heavy atom. The molecule has 0 bridgehead atoms. The molecule has 3 rings (SSSR count). The summed E-state index contributed by atoms with van der Waals surface area (Å²) in [7, 11) is 1.58. The fourth-order valence-corrected chi connectivity index (χ4v) is 1.84. The molecule has 0 amide bonds. The van der Waals surface area contributed by atoms with Crippen LogP contribution in [0.25, 0.3) is 16.9 Å². The third-order valence-electron chi connectivity index (χ3n) is 2.57. The zero-order valence-electron chi connectivity index (χ0n) is 9.54. The summed E-state index contributed by atoms with van der Waals surface area (Å²) in [6.45, 7) is 0. The number of ether oxygens (including phenoxy) is 1. The number of aromatic nitrogens is 4. The van der Waals surface area contributed by atoms with Crippen LogP contribution >= 0.6 is 11.6 Å². The summed E-state index contributed by atoms with van der Waals surface area (Å²) >= 11 is 5.89. The van der Waals surface area contributed by atoms with E-state index in [4.69, 9.17) is 16.3 Å². The zero-order chi connectivity index (χ0) is 12.5. The average Bonchev–Trinajstić information content (AvgIpc) is 2.82. The Morgan fingerprint density at radius 1 is 1.11 bits per heavy atom. The molecule has 6 heteroatoms. The molecule has 3 heterocycles. The molecule has 0 spiro atoms. The Morgan fingerprint density at radius 3 is 2.72 bits per heavy atom. The third-order valence-corrected chi connectivity index (χ3v) is 2.77. The third kappa shape index (κ3) is 1.78. The van der Waals surface area contributed by atoms with Gasteiger partial charge in [-0.25, -0.2) is 14.5 Å². The van der Waals surface area contributed by atoms with Crippen LogP contribution in [0.4, 0.5) is 0 Å². The highest BCUT2D eigenvalue weighted by Crippen LogP contribution is 2.21. The molecule has 0 saturated carbocycles. The number of methoxy groups -OCH3 is 1. The monoisotopic (exact) mass is 260 g/mol. The van der Waals surface area contributed by atoms with Crippen molar-refractivity contribution in [2.45, 2.75) is 0 Å². The van der Waals surface area contributed by atoms with Crippen molar-refractivity contribution in [1.82, 2.24) is 19.6 Å². The van der Waals surface area contributed by atoms with E-state index in [0.717, 1.165) is 16.9 Å². The fraction of sp³-hybridized carbons (Fsp3) is 0.0833. The van der Waals surface area contributed by atoms with E-state index in [1.165, 1.54) is 0 Å². The first-order valence-electron chi connectivity index (χ1n) is 5.28. The summed E-state index contributed by atoms with van der Waals surface area (Å²) in [5.74, 6) is 0.568. The van der Waals surface area contributed by atoms with Crippen LogP contribution in [0.3, 0.4) is 0 Å². The Balaban J connectivity index is 2.15. The predicted molar refractivity (Wildman–Crippen MR) is 67.8 cm³/mol. The molecule has 0 N–H and O–H groups in total. The number of imidazole rings is 1. The van der Waals surface area contributed by atoms with Crippen molar-refractivity contribution in [2.24, 2.45) is 0 Å². The SMILES string of the molecule is COc1ccc(-c2cnc3ccc(Cl)nn23)cn1. The van der Waals surface area contributed by atoms with Gasteiger partial charge in [0.15, 0.2) is 5.65 Å². The minimum Gasteiger partial charge on any atom is -0.481 e. The Bertz CT molecular complexity index is 693. The van der Waals surface area contributed by atoms with Gasteiger partial charge in [0.05, 0.1) is 19.0 Å². The molecule has 3 aromatic rings. The fourth-order valence-electron chi connectivity index (χ4n) is 1.70. The van der Waals surface area contributed by atoms with Gasteiger partial charge in [-0.1, -0.05) is 11.6 Å². The van der Waals surface area contributed by atoms with Gasteiger partial charge in [-0.3, -0.25) is 0 Å². The summed E-state index contributed by atoms with van der Waals surface area (Å²) in [5, 5.41) is 4.63. The van der Waals surface area contributed by atoms with Crippen LogP contribution in [-0.2, 0) is 0 Å². The topological polar surface area (TPSA) is 52.3 Å². The molecule has 0 atom stereocenters. The number of halogens is 1. The molecular formula is C12H9ClN4O. The van der Waals surface area contributed by atoms with Gasteiger partial charge in [0.2, 0.25) is 5.88 Å². The van der Waals surface area contributed by atoms with E-state index >= 15 is 0 Å². The first kappa shape index (κ1) is 11.0. The van der Waals surface area contributed by atoms with Crippen LogP contribution in [-0.4, -0.2) is 26.7 Å². The summed E-state index contributed by atoms with van der Waals surface area (Å²) < 4.78 is 6.71. The molecular weight excluding hydrogens is 252 g/mol. The van der Waals surface area contributed by atoms with Gasteiger partial charge in [-0.15, -0.1) is 0 Å². The minimum absolute atomic E-state index is 0.420. The number of pyridine rings is 1. The van der Waals surface area contributed by atoms with Crippen molar-refractivity contribution in [3.8, 4) is 17.1 Å². The van der Waals surface area contributed by atoms with Crippen LogP contribution in [0.5, 0.6) is 5.88 Å². The van der Waals surface area contributed by atoms with Crippen molar-refractivity contribution in [3.63, 3.8) is 0 Å². The smallest absolute Gasteiger partial charge is 0.212 e. The molecule has 0 aliphatic heterocycles. The van der Waals surface area contributed by atoms with Gasteiger partial charge in [-0.05, 0) is 18.2 Å². The van der Waals surface area contributed by atoms with Crippen molar-refractivity contribution in [3.05, 3.63) is 41.8 Å². The Kier molecular flexibility index (Phi) is 2.60. The maximum atomic E-state index is 5.89. The normalized spacial score (nSPS) is 10.8. The summed E-state index contributed by atoms with van der Waals surface area (Å²) in [4.78, 5) is 8.42. The van der Waals surface area contributed by atoms with Gasteiger partial charge in [0.1, 0.15) is 5.15 Å². The van der Waals surface area contributed by atoms with Crippen LogP contribution in [0.15, 0.2) is 36.7 Å². The maximum Gasteiger partial charge on any atom is 0.212 e. The van der Waals surface area contributed by atoms with Crippen LogP contribution < -0.4 is 4.74 Å². The van der Waals surface area contributed by atoms with E-state index in [1.54, 1.807) is 36.2 Å². The molecule has 90 valence electrons. The predicted octanol–water partition coefficient (Wildman–Crippen LogP) is 2.45. The molecule has 0 unspecified atom stereocenters. The summed E-state index contributed by atoms with van der Waals surface area (Å²) in [6.07, 6.45) is 3.45. The van der Waals surface area contributed by atoms with E-state index in [-0.39, 0.29) is 0 Å². The highest BCUT2D eigenvalue weighted by Gasteiger charge is 2.08. The Labute approximate surface area is 108 Å². The molecule has 0 aliphatic carbocycles. The van der Waals surface area contributed by atoms with E-state index < -0.39 is 0 Å². The van der Waals surface area contributed by atoms with Gasteiger partial charge >= 0.3 is 0 Å². The number of fused-ring (bicyclic) bond motifs is 1. The molecule has 3 aromatic heterocycles. The molecule has 0 aliphatic rings. The van der Waals surface area contributed by atoms with Crippen LogP contribution in [0.1, 0.15) is 0 Å². The van der Waals surface area contributed by atoms with Crippen LogP contribution in [0.2, 0.25) is 5.15 Å². The highest BCUT2D eigenvalue weighted by atomic mass is 35.5. The molecule has 0 saturated heterocycles. The van der Waals surface area contributed by atoms with Crippen LogP contribution in [0, 0.1) is 0 Å². The number of hydrogen-bond acceptors (Lipinski definition) is 4. The molecule has 0 aromatic carbocycles. The zero-order valence-corrected chi connectivity index (χ0v) is 10.3. The minimum atomic E-state index is 0.420. The van der Waals surface area contributed by atoms with Crippen molar-refractivity contribution >= 4 is 17.2 Å². The summed E-state index contributed by atoms with van der Waals surface area (Å²) in [5.41, 5.74) is 2.48. The van der Waals surface area contributed by atoms with E-state index in [1.807, 2.05) is 12.1 Å². The summed E-state index contributed by atoms with van der Waals surface area (Å²) in [6, 6.07) is 7.22. The second-order valence-corrected chi connectivity index (χ2v) is 4.05. The molecule has 0 fully saturated rings. The second-order valence-electron chi connectivity index (χ2n) is 3.66. The molecule has 18 heavy (non-hydrogen) atoms. The van der Waals surface area contributed by atoms with E-state index in [0.29, 0.717) is 11.0 Å². The highest BCUT2D eigenvalue weighted by molar-refractivity contribution is 6.29. The average molecular weight is 261 g/mol. The van der Waals surface area contributed by atoms with Crippen molar-refractivity contribution < 1.29 is 4.74 Å². The number of rotatable bonds is 2. The van der Waals surface area contributed by atoms with E-state index in [9.17, 15) is 0 Å². The largest absolute Gasteiger partial charge is 0.481 e. The number of hydrogen-bond donors (Lipinski definition) is 0. The lowest BCUT2D eigenvalue weighted by Gasteiger charge is -2.02. The van der Waals surface area contributed by atoms with Gasteiger partial charge in [0, 0.05) is 17.8 Å². The van der Waals surface area contributed by atoms with Crippen molar-refractivity contribution in [2.75, 3.05) is 7.11 Å². The van der Waals surface area contributed by atoms with Gasteiger partial charge < -0.3 is 4.74 Å². The Hall–Kier alpha value is -2.14. The quantitative estimate of drug-likeness (QED) is 0.710. The van der Waals surface area contributed by atoms with Gasteiger partial charge in [-0.2, -0.15) is 5.10 Å². The van der Waals surface area contributed by atoms with Crippen molar-refractivity contribution in [1.29, 1.82) is 0 Å². The maximum absolute atomic E-state index is 5.89. The first-order chi connectivity index (χ1) is 8.78. The van der Waals surface area contributed by atoms with E-state index in [2.05, 4.69) is 15.1 Å². The lowest BCUT2D eigenvalue weighted by molar-refractivity contribution is 0.398. The number of nitrogens with zero attached hydrogens (tertiary/aromatic N) is 4.